The smallest absolute Gasteiger partial charge is 0.399 e. The molecule has 1 fully saturated rings. The average Bonchev–Trinajstić information content (AvgIpc) is 3.45. The zero-order valence-corrected chi connectivity index (χ0v) is 22.2. The van der Waals surface area contributed by atoms with Crippen LogP contribution in [0.2, 0.25) is 5.02 Å². The molecule has 0 unspecified atom stereocenters. The van der Waals surface area contributed by atoms with Crippen LogP contribution in [0.15, 0.2) is 78.9 Å². The lowest BCUT2D eigenvalue weighted by Gasteiger charge is -2.32. The standard InChI is InChI=1S/C30H25BClNO2S/c1-29(2)30(3,4)35-31(34-29)18-15-19(32)17-20(16-18)33-25-11-7-5-9-21(25)23-13-14-24-22-10-6-8-12-26(22)36-28(24)27(23)33/h5-17H,1-4H3. The lowest BCUT2D eigenvalue weighted by atomic mass is 9.79. The van der Waals surface area contributed by atoms with Crippen LogP contribution in [-0.2, 0) is 9.31 Å². The molecule has 6 heteroatoms. The molecule has 1 aliphatic heterocycles. The van der Waals surface area contributed by atoms with Crippen LogP contribution < -0.4 is 5.46 Å². The molecule has 2 aromatic heterocycles. The number of nitrogens with zero attached hydrogens (tertiary/aromatic N) is 1. The first-order valence-electron chi connectivity index (χ1n) is 12.2. The van der Waals surface area contributed by atoms with Gasteiger partial charge in [0.2, 0.25) is 0 Å². The maximum atomic E-state index is 6.75. The van der Waals surface area contributed by atoms with E-state index in [2.05, 4.69) is 99.0 Å². The summed E-state index contributed by atoms with van der Waals surface area (Å²) in [5, 5.41) is 5.69. The first kappa shape index (κ1) is 22.4. The number of hydrogen-bond acceptors (Lipinski definition) is 3. The Labute approximate surface area is 219 Å². The van der Waals surface area contributed by atoms with Gasteiger partial charge in [0, 0.05) is 37.0 Å². The van der Waals surface area contributed by atoms with Crippen LogP contribution in [0.5, 0.6) is 0 Å². The molecule has 3 heterocycles. The summed E-state index contributed by atoms with van der Waals surface area (Å²) in [5.74, 6) is 0. The molecule has 0 saturated carbocycles. The molecule has 0 spiro atoms. The molecule has 0 bridgehead atoms. The Morgan fingerprint density at radius 1 is 0.750 bits per heavy atom. The molecule has 4 aromatic carbocycles. The molecule has 0 radical (unpaired) electrons. The minimum Gasteiger partial charge on any atom is -0.399 e. The maximum absolute atomic E-state index is 6.75. The number of fused-ring (bicyclic) bond motifs is 7. The first-order valence-corrected chi connectivity index (χ1v) is 13.4. The van der Waals surface area contributed by atoms with Gasteiger partial charge in [0.15, 0.2) is 0 Å². The van der Waals surface area contributed by atoms with Crippen LogP contribution >= 0.6 is 22.9 Å². The van der Waals surface area contributed by atoms with E-state index in [0.29, 0.717) is 5.02 Å². The molecule has 6 aromatic rings. The number of thiophene rings is 1. The zero-order chi connectivity index (χ0) is 24.8. The lowest BCUT2D eigenvalue weighted by molar-refractivity contribution is 0.00578. The molecular weight excluding hydrogens is 485 g/mol. The highest BCUT2D eigenvalue weighted by molar-refractivity contribution is 7.26. The lowest BCUT2D eigenvalue weighted by Crippen LogP contribution is -2.41. The van der Waals surface area contributed by atoms with Crippen molar-refractivity contribution in [3.63, 3.8) is 0 Å². The average molecular weight is 510 g/mol. The number of halogens is 1. The fourth-order valence-electron chi connectivity index (χ4n) is 5.34. The van der Waals surface area contributed by atoms with Gasteiger partial charge >= 0.3 is 7.12 Å². The molecule has 0 amide bonds. The van der Waals surface area contributed by atoms with Crippen molar-refractivity contribution in [1.82, 2.24) is 4.57 Å². The Kier molecular flexibility index (Phi) is 4.72. The zero-order valence-electron chi connectivity index (χ0n) is 20.6. The largest absolute Gasteiger partial charge is 0.494 e. The number of benzene rings is 4. The van der Waals surface area contributed by atoms with Gasteiger partial charge in [0.05, 0.1) is 26.9 Å². The van der Waals surface area contributed by atoms with Gasteiger partial charge in [-0.05, 0) is 63.5 Å². The predicted octanol–water partition coefficient (Wildman–Crippen LogP) is 8.10. The van der Waals surface area contributed by atoms with Gasteiger partial charge in [0.25, 0.3) is 0 Å². The van der Waals surface area contributed by atoms with Crippen LogP contribution in [0.1, 0.15) is 27.7 Å². The highest BCUT2D eigenvalue weighted by Gasteiger charge is 2.51. The highest BCUT2D eigenvalue weighted by atomic mass is 35.5. The van der Waals surface area contributed by atoms with Gasteiger partial charge in [0.1, 0.15) is 0 Å². The van der Waals surface area contributed by atoms with Crippen molar-refractivity contribution in [2.24, 2.45) is 0 Å². The Morgan fingerprint density at radius 3 is 2.19 bits per heavy atom. The summed E-state index contributed by atoms with van der Waals surface area (Å²) in [6, 6.07) is 27.9. The van der Waals surface area contributed by atoms with E-state index in [0.717, 1.165) is 16.7 Å². The normalized spacial score (nSPS) is 17.2. The second kappa shape index (κ2) is 7.59. The van der Waals surface area contributed by atoms with Crippen molar-refractivity contribution in [2.75, 3.05) is 0 Å². The van der Waals surface area contributed by atoms with E-state index in [9.17, 15) is 0 Å². The van der Waals surface area contributed by atoms with Gasteiger partial charge in [-0.1, -0.05) is 60.1 Å². The second-order valence-electron chi connectivity index (χ2n) is 10.6. The molecule has 0 aliphatic carbocycles. The molecule has 0 N–H and O–H groups in total. The molecule has 1 aliphatic rings. The van der Waals surface area contributed by atoms with Crippen molar-refractivity contribution in [3.8, 4) is 5.69 Å². The molecular formula is C30H25BClNO2S. The Bertz CT molecular complexity index is 1820. The summed E-state index contributed by atoms with van der Waals surface area (Å²) in [6.07, 6.45) is 0. The SMILES string of the molecule is CC1(C)OB(c2cc(Cl)cc(-n3c4ccccc4c4ccc5c6ccccc6sc5c43)c2)OC1(C)C. The van der Waals surface area contributed by atoms with Gasteiger partial charge in [-0.2, -0.15) is 0 Å². The van der Waals surface area contributed by atoms with E-state index in [1.54, 1.807) is 0 Å². The summed E-state index contributed by atoms with van der Waals surface area (Å²) in [5.41, 5.74) is 3.44. The number of hydrogen-bond donors (Lipinski definition) is 0. The molecule has 7 rings (SSSR count). The minimum absolute atomic E-state index is 0.420. The van der Waals surface area contributed by atoms with Crippen molar-refractivity contribution in [2.45, 2.75) is 38.9 Å². The van der Waals surface area contributed by atoms with E-state index in [4.69, 9.17) is 20.9 Å². The summed E-state index contributed by atoms with van der Waals surface area (Å²) in [6.45, 7) is 8.29. The molecule has 178 valence electrons. The first-order chi connectivity index (χ1) is 17.2. The van der Waals surface area contributed by atoms with Crippen LogP contribution in [0.3, 0.4) is 0 Å². The van der Waals surface area contributed by atoms with E-state index >= 15 is 0 Å². The van der Waals surface area contributed by atoms with E-state index in [-0.39, 0.29) is 0 Å². The van der Waals surface area contributed by atoms with Crippen molar-refractivity contribution in [1.29, 1.82) is 0 Å². The number of para-hydroxylation sites is 1. The Morgan fingerprint density at radius 2 is 1.42 bits per heavy atom. The summed E-state index contributed by atoms with van der Waals surface area (Å²) >= 11 is 8.60. The fraction of sp³-hybridized carbons (Fsp3) is 0.200. The van der Waals surface area contributed by atoms with Crippen molar-refractivity contribution < 1.29 is 9.31 Å². The monoisotopic (exact) mass is 509 g/mol. The van der Waals surface area contributed by atoms with Crippen LogP contribution in [0.4, 0.5) is 0 Å². The number of aromatic nitrogens is 1. The third kappa shape index (κ3) is 3.13. The van der Waals surface area contributed by atoms with Gasteiger partial charge in [-0.3, -0.25) is 0 Å². The van der Waals surface area contributed by atoms with E-state index < -0.39 is 18.3 Å². The van der Waals surface area contributed by atoms with Crippen LogP contribution in [-0.4, -0.2) is 22.9 Å². The highest BCUT2D eigenvalue weighted by Crippen LogP contribution is 2.43. The van der Waals surface area contributed by atoms with E-state index in [1.165, 1.54) is 36.5 Å². The summed E-state index contributed by atoms with van der Waals surface area (Å²) in [4.78, 5) is 0. The molecule has 3 nitrogen and oxygen atoms in total. The molecule has 0 atom stereocenters. The topological polar surface area (TPSA) is 23.4 Å². The van der Waals surface area contributed by atoms with Crippen LogP contribution in [0.25, 0.3) is 47.7 Å². The number of rotatable bonds is 2. The predicted molar refractivity (Wildman–Crippen MR) is 154 cm³/mol. The fourth-order valence-corrected chi connectivity index (χ4v) is 6.82. The third-order valence-corrected chi connectivity index (χ3v) is 9.28. The minimum atomic E-state index is -0.482. The maximum Gasteiger partial charge on any atom is 0.494 e. The Balaban J connectivity index is 1.54. The van der Waals surface area contributed by atoms with Gasteiger partial charge in [-0.25, -0.2) is 0 Å². The third-order valence-electron chi connectivity index (χ3n) is 7.87. The van der Waals surface area contributed by atoms with Gasteiger partial charge in [-0.15, -0.1) is 11.3 Å². The van der Waals surface area contributed by atoms with E-state index in [1.807, 2.05) is 23.5 Å². The summed E-state index contributed by atoms with van der Waals surface area (Å²) < 4.78 is 17.7. The molecule has 36 heavy (non-hydrogen) atoms. The molecule has 1 saturated heterocycles. The second-order valence-corrected chi connectivity index (χ2v) is 12.1. The van der Waals surface area contributed by atoms with Crippen molar-refractivity contribution in [3.05, 3.63) is 83.9 Å². The van der Waals surface area contributed by atoms with Crippen LogP contribution in [0, 0.1) is 0 Å². The van der Waals surface area contributed by atoms with Crippen molar-refractivity contribution >= 4 is 77.5 Å². The van der Waals surface area contributed by atoms with Gasteiger partial charge < -0.3 is 13.9 Å². The summed E-state index contributed by atoms with van der Waals surface area (Å²) in [7, 11) is -0.482. The quantitative estimate of drug-likeness (QED) is 0.220. The Hall–Kier alpha value is -2.83.